The van der Waals surface area contributed by atoms with E-state index in [2.05, 4.69) is 32.9 Å². The highest BCUT2D eigenvalue weighted by Crippen LogP contribution is 2.24. The van der Waals surface area contributed by atoms with Gasteiger partial charge in [0.15, 0.2) is 5.16 Å². The van der Waals surface area contributed by atoms with Gasteiger partial charge in [0.2, 0.25) is 0 Å². The van der Waals surface area contributed by atoms with E-state index in [9.17, 15) is 0 Å². The van der Waals surface area contributed by atoms with Crippen molar-refractivity contribution in [2.24, 2.45) is 0 Å². The second kappa shape index (κ2) is 5.64. The Morgan fingerprint density at radius 3 is 2.74 bits per heavy atom. The third-order valence-electron chi connectivity index (χ3n) is 3.45. The van der Waals surface area contributed by atoms with Crippen molar-refractivity contribution in [2.75, 3.05) is 50.5 Å². The largest absolute Gasteiger partial charge is 0.372 e. The smallest absolute Gasteiger partial charge is 0.189 e. The lowest BCUT2D eigenvalue weighted by molar-refractivity contribution is 0.312. The zero-order valence-corrected chi connectivity index (χ0v) is 12.3. The Morgan fingerprint density at radius 2 is 2.05 bits per heavy atom. The van der Waals surface area contributed by atoms with Gasteiger partial charge in [-0.25, -0.2) is 9.97 Å². The molecule has 2 aliphatic rings. The van der Waals surface area contributed by atoms with Crippen molar-refractivity contribution < 1.29 is 4.74 Å². The summed E-state index contributed by atoms with van der Waals surface area (Å²) in [6.07, 6.45) is 0.418. The SMILES string of the molecule is Cc1cc(N2CCN(C)CC2)nc(SC[C@H]2CO2)n1. The Labute approximate surface area is 118 Å². The third-order valence-corrected chi connectivity index (χ3v) is 4.43. The summed E-state index contributed by atoms with van der Waals surface area (Å²) < 4.78 is 5.23. The van der Waals surface area contributed by atoms with Gasteiger partial charge in [-0.1, -0.05) is 11.8 Å². The molecule has 2 saturated heterocycles. The van der Waals surface area contributed by atoms with Crippen LogP contribution in [0.5, 0.6) is 0 Å². The monoisotopic (exact) mass is 280 g/mol. The molecule has 1 aromatic heterocycles. The van der Waals surface area contributed by atoms with Gasteiger partial charge in [-0.2, -0.15) is 0 Å². The Morgan fingerprint density at radius 1 is 1.32 bits per heavy atom. The van der Waals surface area contributed by atoms with Crippen LogP contribution in [0.1, 0.15) is 5.69 Å². The van der Waals surface area contributed by atoms with E-state index in [1.54, 1.807) is 11.8 Å². The summed E-state index contributed by atoms with van der Waals surface area (Å²) in [6, 6.07) is 2.09. The third kappa shape index (κ3) is 3.58. The summed E-state index contributed by atoms with van der Waals surface area (Å²) in [5.41, 5.74) is 1.04. The average Bonchev–Trinajstić information content (AvgIpc) is 3.20. The van der Waals surface area contributed by atoms with Gasteiger partial charge in [-0.15, -0.1) is 0 Å². The van der Waals surface area contributed by atoms with Gasteiger partial charge in [-0.05, 0) is 14.0 Å². The molecule has 3 heterocycles. The Bertz CT molecular complexity index is 444. The lowest BCUT2D eigenvalue weighted by atomic mass is 10.3. The Kier molecular flexibility index (Phi) is 3.91. The van der Waals surface area contributed by atoms with Crippen LogP contribution in [0.25, 0.3) is 0 Å². The quantitative estimate of drug-likeness (QED) is 0.466. The van der Waals surface area contributed by atoms with Gasteiger partial charge in [0.25, 0.3) is 0 Å². The first kappa shape index (κ1) is 13.1. The van der Waals surface area contributed by atoms with Crippen molar-refractivity contribution >= 4 is 17.6 Å². The Balaban J connectivity index is 1.69. The highest BCUT2D eigenvalue weighted by Gasteiger charge is 2.23. The van der Waals surface area contributed by atoms with Crippen molar-refractivity contribution in [1.29, 1.82) is 0 Å². The molecule has 19 heavy (non-hydrogen) atoms. The summed E-state index contributed by atoms with van der Waals surface area (Å²) >= 11 is 1.70. The van der Waals surface area contributed by atoms with Gasteiger partial charge in [-0.3, -0.25) is 0 Å². The Hall–Kier alpha value is -0.850. The summed E-state index contributed by atoms with van der Waals surface area (Å²) in [6.45, 7) is 7.22. The minimum atomic E-state index is 0.418. The van der Waals surface area contributed by atoms with E-state index in [-0.39, 0.29) is 0 Å². The van der Waals surface area contributed by atoms with E-state index in [0.29, 0.717) is 6.10 Å². The van der Waals surface area contributed by atoms with Crippen LogP contribution in [0.4, 0.5) is 5.82 Å². The van der Waals surface area contributed by atoms with Crippen molar-refractivity contribution in [3.8, 4) is 0 Å². The maximum absolute atomic E-state index is 5.23. The van der Waals surface area contributed by atoms with Gasteiger partial charge in [0, 0.05) is 43.7 Å². The van der Waals surface area contributed by atoms with E-state index >= 15 is 0 Å². The van der Waals surface area contributed by atoms with Crippen LogP contribution in [0, 0.1) is 6.92 Å². The number of thioether (sulfide) groups is 1. The van der Waals surface area contributed by atoms with Gasteiger partial charge in [0.05, 0.1) is 12.7 Å². The highest BCUT2D eigenvalue weighted by molar-refractivity contribution is 7.99. The molecule has 0 aliphatic carbocycles. The normalized spacial score (nSPS) is 23.7. The van der Waals surface area contributed by atoms with E-state index in [0.717, 1.165) is 55.2 Å². The number of hydrogen-bond donors (Lipinski definition) is 0. The number of aromatic nitrogens is 2. The first-order chi connectivity index (χ1) is 9.20. The molecule has 2 aliphatic heterocycles. The lowest BCUT2D eigenvalue weighted by Gasteiger charge is -2.33. The summed E-state index contributed by atoms with van der Waals surface area (Å²) in [5, 5.41) is 0.879. The van der Waals surface area contributed by atoms with Crippen molar-refractivity contribution in [1.82, 2.24) is 14.9 Å². The first-order valence-corrected chi connectivity index (χ1v) is 7.73. The molecule has 0 spiro atoms. The molecule has 6 heteroatoms. The minimum Gasteiger partial charge on any atom is -0.372 e. The number of epoxide rings is 1. The predicted octanol–water partition coefficient (Wildman–Crippen LogP) is 1.03. The van der Waals surface area contributed by atoms with Crippen LogP contribution in [0.2, 0.25) is 0 Å². The predicted molar refractivity (Wildman–Crippen MR) is 76.9 cm³/mol. The highest BCUT2D eigenvalue weighted by atomic mass is 32.2. The minimum absolute atomic E-state index is 0.418. The van der Waals surface area contributed by atoms with Crippen LogP contribution >= 0.6 is 11.8 Å². The summed E-state index contributed by atoms with van der Waals surface area (Å²) in [4.78, 5) is 13.9. The molecule has 5 nitrogen and oxygen atoms in total. The fourth-order valence-electron chi connectivity index (χ4n) is 2.12. The molecule has 0 unspecified atom stereocenters. The average molecular weight is 280 g/mol. The standard InChI is InChI=1S/C13H20N4OS/c1-10-7-12(17-5-3-16(2)4-6-17)15-13(14-10)19-9-11-8-18-11/h7,11H,3-6,8-9H2,1-2H3/t11-/m1/s1. The number of likely N-dealkylation sites (N-methyl/N-ethyl adjacent to an activating group) is 1. The summed E-state index contributed by atoms with van der Waals surface area (Å²) in [5.74, 6) is 2.03. The van der Waals surface area contributed by atoms with Gasteiger partial charge in [0.1, 0.15) is 5.82 Å². The molecule has 0 N–H and O–H groups in total. The molecule has 0 bridgehead atoms. The number of rotatable bonds is 4. The van der Waals surface area contributed by atoms with Crippen molar-refractivity contribution in [3.05, 3.63) is 11.8 Å². The number of ether oxygens (including phenoxy) is 1. The zero-order valence-electron chi connectivity index (χ0n) is 11.5. The van der Waals surface area contributed by atoms with Crippen LogP contribution in [-0.2, 0) is 4.74 Å². The molecular weight excluding hydrogens is 260 g/mol. The van der Waals surface area contributed by atoms with Crippen LogP contribution in [0.15, 0.2) is 11.2 Å². The van der Waals surface area contributed by atoms with E-state index < -0.39 is 0 Å². The molecule has 1 atom stereocenters. The lowest BCUT2D eigenvalue weighted by Crippen LogP contribution is -2.44. The molecule has 2 fully saturated rings. The second-order valence-electron chi connectivity index (χ2n) is 5.21. The molecule has 3 rings (SSSR count). The van der Waals surface area contributed by atoms with Gasteiger partial charge >= 0.3 is 0 Å². The molecule has 0 amide bonds. The van der Waals surface area contributed by atoms with Crippen molar-refractivity contribution in [3.63, 3.8) is 0 Å². The van der Waals surface area contributed by atoms with Crippen molar-refractivity contribution in [2.45, 2.75) is 18.2 Å². The number of nitrogens with zero attached hydrogens (tertiary/aromatic N) is 4. The van der Waals surface area contributed by atoms with E-state index in [1.165, 1.54) is 0 Å². The molecule has 104 valence electrons. The molecule has 0 aromatic carbocycles. The first-order valence-electron chi connectivity index (χ1n) is 6.74. The van der Waals surface area contributed by atoms with Gasteiger partial charge < -0.3 is 14.5 Å². The van der Waals surface area contributed by atoms with E-state index in [4.69, 9.17) is 4.74 Å². The van der Waals surface area contributed by atoms with E-state index in [1.807, 2.05) is 6.92 Å². The number of anilines is 1. The molecule has 0 radical (unpaired) electrons. The fourth-order valence-corrected chi connectivity index (χ4v) is 3.01. The fraction of sp³-hybridized carbons (Fsp3) is 0.692. The number of hydrogen-bond acceptors (Lipinski definition) is 6. The maximum Gasteiger partial charge on any atom is 0.189 e. The second-order valence-corrected chi connectivity index (χ2v) is 6.19. The number of aryl methyl sites for hydroxylation is 1. The maximum atomic E-state index is 5.23. The molecular formula is C13H20N4OS. The molecule has 1 aromatic rings. The van der Waals surface area contributed by atoms with Crippen LogP contribution in [-0.4, -0.2) is 66.6 Å². The van der Waals surface area contributed by atoms with Crippen LogP contribution < -0.4 is 4.90 Å². The topological polar surface area (TPSA) is 44.8 Å². The summed E-state index contributed by atoms with van der Waals surface area (Å²) in [7, 11) is 2.17. The number of piperazine rings is 1. The van der Waals surface area contributed by atoms with Crippen LogP contribution in [0.3, 0.4) is 0 Å². The zero-order chi connectivity index (χ0) is 13.2. The molecule has 0 saturated carbocycles.